The van der Waals surface area contributed by atoms with Crippen LogP contribution in [0.15, 0.2) is 47.3 Å². The number of hydrogen-bond donors (Lipinski definition) is 2. The molecule has 4 aromatic rings. The van der Waals surface area contributed by atoms with Crippen molar-refractivity contribution in [2.24, 2.45) is 0 Å². The predicted molar refractivity (Wildman–Crippen MR) is 125 cm³/mol. The van der Waals surface area contributed by atoms with Crippen molar-refractivity contribution in [2.45, 2.75) is 38.4 Å². The minimum atomic E-state index is -4.98. The van der Waals surface area contributed by atoms with Crippen LogP contribution in [0.3, 0.4) is 0 Å². The number of nitrogens with zero attached hydrogens (tertiary/aromatic N) is 6. The molecule has 2 heterocycles. The van der Waals surface area contributed by atoms with Crippen molar-refractivity contribution in [3.05, 3.63) is 80.5 Å². The minimum absolute atomic E-state index is 0.0223. The van der Waals surface area contributed by atoms with E-state index in [2.05, 4.69) is 15.2 Å². The molecule has 2 aromatic carbocycles. The molecule has 196 valence electrons. The van der Waals surface area contributed by atoms with Crippen LogP contribution in [0.5, 0.6) is 0 Å². The summed E-state index contributed by atoms with van der Waals surface area (Å²) < 4.78 is 56.1. The summed E-state index contributed by atoms with van der Waals surface area (Å²) in [7, 11) is 0. The Kier molecular flexibility index (Phi) is 7.42. The zero-order valence-corrected chi connectivity index (χ0v) is 20.4. The Morgan fingerprint density at radius 3 is 2.32 bits per heavy atom. The Bertz CT molecular complexity index is 1460. The number of rotatable bonds is 7. The lowest BCUT2D eigenvalue weighted by molar-refractivity contribution is -0.207. The molecule has 0 saturated carbocycles. The highest BCUT2D eigenvalue weighted by atomic mass is 35.5. The average molecular weight is 561 g/mol. The number of halogens is 6. The average Bonchev–Trinajstić information content (AvgIpc) is 3.36. The van der Waals surface area contributed by atoms with E-state index < -0.39 is 43.0 Å². The summed E-state index contributed by atoms with van der Waals surface area (Å²) in [5.41, 5.74) is -0.921. The van der Waals surface area contributed by atoms with E-state index in [-0.39, 0.29) is 33.7 Å². The van der Waals surface area contributed by atoms with Crippen LogP contribution >= 0.6 is 23.2 Å². The van der Waals surface area contributed by atoms with Gasteiger partial charge in [-0.25, -0.2) is 23.5 Å². The van der Waals surface area contributed by atoms with Crippen molar-refractivity contribution in [1.29, 1.82) is 0 Å². The first-order valence-corrected chi connectivity index (χ1v) is 11.4. The summed E-state index contributed by atoms with van der Waals surface area (Å²) in [5, 5.41) is 28.4. The SMILES string of the molecule is C[C@@H](O)c1nc(Cn2nc(-c3ccc(Cl)cc3)n(C[C@H](O)C(F)(F)F)c2=O)nn1-c1c(F)cccc1Cl. The third-order valence-electron chi connectivity index (χ3n) is 5.25. The van der Waals surface area contributed by atoms with Crippen LogP contribution in [0.2, 0.25) is 10.0 Å². The highest BCUT2D eigenvalue weighted by Gasteiger charge is 2.39. The second-order valence-electron chi connectivity index (χ2n) is 7.98. The van der Waals surface area contributed by atoms with Crippen molar-refractivity contribution in [2.75, 3.05) is 0 Å². The Morgan fingerprint density at radius 1 is 1.05 bits per heavy atom. The molecule has 2 N–H and O–H groups in total. The van der Waals surface area contributed by atoms with E-state index in [1.807, 2.05) is 0 Å². The largest absolute Gasteiger partial charge is 0.416 e. The van der Waals surface area contributed by atoms with Crippen LogP contribution < -0.4 is 5.69 Å². The third kappa shape index (κ3) is 5.54. The van der Waals surface area contributed by atoms with Crippen LogP contribution in [-0.4, -0.2) is 51.6 Å². The molecular weight excluding hydrogens is 543 g/mol. The molecule has 0 bridgehead atoms. The molecule has 2 aromatic heterocycles. The maximum absolute atomic E-state index is 14.5. The summed E-state index contributed by atoms with van der Waals surface area (Å²) in [5.74, 6) is -1.13. The van der Waals surface area contributed by atoms with E-state index in [9.17, 15) is 32.6 Å². The molecule has 0 aliphatic rings. The first kappa shape index (κ1) is 26.8. The fraction of sp³-hybridized carbons (Fsp3) is 0.273. The third-order valence-corrected chi connectivity index (χ3v) is 5.81. The number of aliphatic hydroxyl groups excluding tert-OH is 2. The lowest BCUT2D eigenvalue weighted by atomic mass is 10.2. The number of alkyl halides is 3. The van der Waals surface area contributed by atoms with Crippen molar-refractivity contribution in [1.82, 2.24) is 29.1 Å². The molecule has 0 radical (unpaired) electrons. The van der Waals surface area contributed by atoms with Crippen molar-refractivity contribution >= 4 is 23.2 Å². The maximum atomic E-state index is 14.5. The standard InChI is InChI=1S/C22H18Cl2F4N6O3/c1-11(35)19-29-17(30-34(19)18-14(24)3-2-4-15(18)25)10-33-21(37)32(9-16(36)22(26,27)28)20(31-33)12-5-7-13(23)8-6-12/h2-8,11,16,35-36H,9-10H2,1H3/t11-,16+/m1/s1. The van der Waals surface area contributed by atoms with Gasteiger partial charge in [0.1, 0.15) is 24.2 Å². The quantitative estimate of drug-likeness (QED) is 0.333. The monoisotopic (exact) mass is 560 g/mol. The zero-order valence-electron chi connectivity index (χ0n) is 18.9. The van der Waals surface area contributed by atoms with E-state index in [0.717, 1.165) is 15.4 Å². The number of benzene rings is 2. The van der Waals surface area contributed by atoms with Crippen LogP contribution in [-0.2, 0) is 13.1 Å². The number of aromatic nitrogens is 6. The van der Waals surface area contributed by atoms with E-state index in [1.165, 1.54) is 43.3 Å². The molecule has 15 heteroatoms. The summed E-state index contributed by atoms with van der Waals surface area (Å²) in [6.45, 7) is -0.212. The second kappa shape index (κ2) is 10.2. The Hall–Kier alpha value is -3.26. The second-order valence-corrected chi connectivity index (χ2v) is 8.83. The molecule has 0 amide bonds. The van der Waals surface area contributed by atoms with Crippen LogP contribution in [0.25, 0.3) is 17.1 Å². The highest BCUT2D eigenvalue weighted by molar-refractivity contribution is 6.32. The molecule has 0 fully saturated rings. The first-order chi connectivity index (χ1) is 17.4. The molecule has 2 atom stereocenters. The van der Waals surface area contributed by atoms with Crippen LogP contribution in [0.4, 0.5) is 17.6 Å². The van der Waals surface area contributed by atoms with Gasteiger partial charge in [0.25, 0.3) is 0 Å². The van der Waals surface area contributed by atoms with Gasteiger partial charge in [-0.15, -0.1) is 10.2 Å². The number of hydrogen-bond acceptors (Lipinski definition) is 6. The molecule has 4 rings (SSSR count). The zero-order chi connectivity index (χ0) is 27.1. The summed E-state index contributed by atoms with van der Waals surface area (Å²) in [4.78, 5) is 17.2. The molecule has 0 aliphatic carbocycles. The Morgan fingerprint density at radius 2 is 1.73 bits per heavy atom. The topological polar surface area (TPSA) is 111 Å². The molecule has 37 heavy (non-hydrogen) atoms. The van der Waals surface area contributed by atoms with E-state index in [1.54, 1.807) is 0 Å². The molecule has 9 nitrogen and oxygen atoms in total. The number of para-hydroxylation sites is 1. The summed E-state index contributed by atoms with van der Waals surface area (Å²) >= 11 is 12.0. The summed E-state index contributed by atoms with van der Waals surface area (Å²) in [6.07, 6.45) is -9.04. The van der Waals surface area contributed by atoms with E-state index >= 15 is 0 Å². The van der Waals surface area contributed by atoms with Gasteiger partial charge in [0, 0.05) is 10.6 Å². The Labute approximate surface area is 216 Å². The Balaban J connectivity index is 1.79. The molecule has 0 aliphatic heterocycles. The van der Waals surface area contributed by atoms with Gasteiger partial charge in [0.05, 0.1) is 11.6 Å². The normalized spacial score (nSPS) is 13.6. The molecule has 0 spiro atoms. The smallest absolute Gasteiger partial charge is 0.385 e. The van der Waals surface area contributed by atoms with Crippen molar-refractivity contribution < 1.29 is 27.8 Å². The van der Waals surface area contributed by atoms with Gasteiger partial charge in [-0.3, -0.25) is 4.57 Å². The number of aliphatic hydroxyl groups is 2. The van der Waals surface area contributed by atoms with Crippen LogP contribution in [0, 0.1) is 5.82 Å². The van der Waals surface area contributed by atoms with Gasteiger partial charge >= 0.3 is 11.9 Å². The highest BCUT2D eigenvalue weighted by Crippen LogP contribution is 2.27. The first-order valence-electron chi connectivity index (χ1n) is 10.6. The van der Waals surface area contributed by atoms with Gasteiger partial charge in [-0.05, 0) is 43.3 Å². The van der Waals surface area contributed by atoms with E-state index in [4.69, 9.17) is 23.2 Å². The van der Waals surface area contributed by atoms with Crippen molar-refractivity contribution in [3.8, 4) is 17.1 Å². The molecule has 0 unspecified atom stereocenters. The molecule has 0 saturated heterocycles. The maximum Gasteiger partial charge on any atom is 0.416 e. The lowest BCUT2D eigenvalue weighted by Crippen LogP contribution is -2.37. The minimum Gasteiger partial charge on any atom is -0.385 e. The van der Waals surface area contributed by atoms with Gasteiger partial charge in [-0.2, -0.15) is 13.2 Å². The van der Waals surface area contributed by atoms with Crippen LogP contribution in [0.1, 0.15) is 24.7 Å². The van der Waals surface area contributed by atoms with E-state index in [0.29, 0.717) is 9.59 Å². The molecular formula is C22H18Cl2F4N6O3. The fourth-order valence-electron chi connectivity index (χ4n) is 3.49. The van der Waals surface area contributed by atoms with Gasteiger partial charge in [0.15, 0.2) is 23.6 Å². The summed E-state index contributed by atoms with van der Waals surface area (Å²) in [6, 6.07) is 9.73. The van der Waals surface area contributed by atoms with Gasteiger partial charge in [-0.1, -0.05) is 29.3 Å². The fourth-order valence-corrected chi connectivity index (χ4v) is 3.86. The predicted octanol–water partition coefficient (Wildman–Crippen LogP) is 3.76. The lowest BCUT2D eigenvalue weighted by Gasteiger charge is -2.15. The van der Waals surface area contributed by atoms with Gasteiger partial charge in [0.2, 0.25) is 0 Å². The van der Waals surface area contributed by atoms with Crippen molar-refractivity contribution in [3.63, 3.8) is 0 Å². The van der Waals surface area contributed by atoms with Gasteiger partial charge < -0.3 is 10.2 Å².